The van der Waals surface area contributed by atoms with Crippen LogP contribution in [0.25, 0.3) is 0 Å². The number of hydrogen-bond acceptors (Lipinski definition) is 4. The highest BCUT2D eigenvalue weighted by Crippen LogP contribution is 2.32. The first kappa shape index (κ1) is 15.9. The molecule has 0 amide bonds. The Morgan fingerprint density at radius 3 is 2.65 bits per heavy atom. The predicted molar refractivity (Wildman–Crippen MR) is 79.1 cm³/mol. The number of nitrogens with one attached hydrogen (secondary N) is 1. The van der Waals surface area contributed by atoms with E-state index < -0.39 is 21.5 Å². The highest BCUT2D eigenvalue weighted by molar-refractivity contribution is 7.99. The van der Waals surface area contributed by atoms with Gasteiger partial charge in [-0.2, -0.15) is 16.5 Å². The van der Waals surface area contributed by atoms with Gasteiger partial charge in [0.05, 0.1) is 5.02 Å². The second-order valence-electron chi connectivity index (χ2n) is 4.37. The Morgan fingerprint density at radius 2 is 2.10 bits per heavy atom. The monoisotopic (exact) mass is 355 g/mol. The summed E-state index contributed by atoms with van der Waals surface area (Å²) in [7, 11) is -4.06. The smallest absolute Gasteiger partial charge is 0.325 e. The molecule has 1 heterocycles. The van der Waals surface area contributed by atoms with Crippen molar-refractivity contribution >= 4 is 51.0 Å². The van der Waals surface area contributed by atoms with Gasteiger partial charge >= 0.3 is 5.97 Å². The molecule has 1 atom stereocenters. The van der Waals surface area contributed by atoms with Crippen LogP contribution < -0.4 is 4.72 Å². The first-order chi connectivity index (χ1) is 9.27. The fourth-order valence-corrected chi connectivity index (χ4v) is 5.42. The minimum atomic E-state index is -4.06. The van der Waals surface area contributed by atoms with Crippen LogP contribution in [0.1, 0.15) is 6.42 Å². The van der Waals surface area contributed by atoms with Crippen molar-refractivity contribution in [1.29, 1.82) is 0 Å². The van der Waals surface area contributed by atoms with E-state index in [2.05, 4.69) is 4.72 Å². The summed E-state index contributed by atoms with van der Waals surface area (Å²) in [4.78, 5) is 11.2. The van der Waals surface area contributed by atoms with Crippen molar-refractivity contribution in [3.05, 3.63) is 28.2 Å². The molecule has 0 spiro atoms. The SMILES string of the molecule is O=C(O)C1(NS(=O)(=O)c2cc(Cl)ccc2Cl)CCSC1. The molecule has 2 rings (SSSR count). The lowest BCUT2D eigenvalue weighted by atomic mass is 10.0. The first-order valence-corrected chi connectivity index (χ1v) is 8.96. The molecule has 110 valence electrons. The van der Waals surface area contributed by atoms with Gasteiger partial charge in [0.1, 0.15) is 10.4 Å². The molecule has 1 saturated heterocycles. The fourth-order valence-electron chi connectivity index (χ4n) is 1.85. The van der Waals surface area contributed by atoms with Crippen LogP contribution in [0.5, 0.6) is 0 Å². The predicted octanol–water partition coefficient (Wildman–Crippen LogP) is 2.23. The van der Waals surface area contributed by atoms with E-state index in [-0.39, 0.29) is 27.1 Å². The number of thioether (sulfide) groups is 1. The highest BCUT2D eigenvalue weighted by atomic mass is 35.5. The van der Waals surface area contributed by atoms with Crippen molar-refractivity contribution in [2.24, 2.45) is 0 Å². The maximum Gasteiger partial charge on any atom is 0.325 e. The van der Waals surface area contributed by atoms with E-state index in [9.17, 15) is 18.3 Å². The van der Waals surface area contributed by atoms with E-state index in [0.717, 1.165) is 0 Å². The molecule has 0 bridgehead atoms. The van der Waals surface area contributed by atoms with Crippen molar-refractivity contribution in [3.8, 4) is 0 Å². The Bertz CT molecular complexity index is 642. The van der Waals surface area contributed by atoms with E-state index in [1.54, 1.807) is 0 Å². The van der Waals surface area contributed by atoms with Crippen LogP contribution in [-0.2, 0) is 14.8 Å². The Hall–Kier alpha value is -0.470. The number of carboxylic acid groups (broad SMARTS) is 1. The fraction of sp³-hybridized carbons (Fsp3) is 0.364. The third kappa shape index (κ3) is 3.07. The van der Waals surface area contributed by atoms with E-state index in [4.69, 9.17) is 23.2 Å². The summed E-state index contributed by atoms with van der Waals surface area (Å²) in [6, 6.07) is 4.01. The van der Waals surface area contributed by atoms with Crippen LogP contribution in [0.4, 0.5) is 0 Å². The van der Waals surface area contributed by atoms with Crippen molar-refractivity contribution in [2.75, 3.05) is 11.5 Å². The van der Waals surface area contributed by atoms with E-state index in [1.165, 1.54) is 30.0 Å². The van der Waals surface area contributed by atoms with Gasteiger partial charge in [-0.25, -0.2) is 8.42 Å². The molecule has 20 heavy (non-hydrogen) atoms. The summed E-state index contributed by atoms with van der Waals surface area (Å²) in [6.07, 6.45) is 0.227. The number of halogens is 2. The third-order valence-electron chi connectivity index (χ3n) is 2.94. The maximum absolute atomic E-state index is 12.3. The maximum atomic E-state index is 12.3. The number of sulfonamides is 1. The lowest BCUT2D eigenvalue weighted by Crippen LogP contribution is -2.54. The molecular weight excluding hydrogens is 345 g/mol. The molecule has 9 heteroatoms. The summed E-state index contributed by atoms with van der Waals surface area (Å²) in [5.74, 6) is -0.429. The van der Waals surface area contributed by atoms with Gasteiger partial charge < -0.3 is 5.11 Å². The van der Waals surface area contributed by atoms with Gasteiger partial charge in [0, 0.05) is 10.8 Å². The largest absolute Gasteiger partial charge is 0.480 e. The highest BCUT2D eigenvalue weighted by Gasteiger charge is 2.45. The molecule has 0 radical (unpaired) electrons. The van der Waals surface area contributed by atoms with Gasteiger partial charge in [0.15, 0.2) is 0 Å². The van der Waals surface area contributed by atoms with Gasteiger partial charge in [-0.1, -0.05) is 23.2 Å². The lowest BCUT2D eigenvalue weighted by molar-refractivity contribution is -0.142. The van der Waals surface area contributed by atoms with Crippen LogP contribution in [0.3, 0.4) is 0 Å². The topological polar surface area (TPSA) is 83.5 Å². The molecule has 1 aromatic rings. The molecule has 0 saturated carbocycles. The van der Waals surface area contributed by atoms with Gasteiger partial charge in [-0.3, -0.25) is 4.79 Å². The van der Waals surface area contributed by atoms with Crippen LogP contribution in [-0.4, -0.2) is 36.5 Å². The Balaban J connectivity index is 2.40. The van der Waals surface area contributed by atoms with Crippen LogP contribution in [0, 0.1) is 0 Å². The summed E-state index contributed by atoms with van der Waals surface area (Å²) in [6.45, 7) is 0. The summed E-state index contributed by atoms with van der Waals surface area (Å²) in [5, 5.41) is 9.50. The summed E-state index contributed by atoms with van der Waals surface area (Å²) < 4.78 is 26.9. The van der Waals surface area contributed by atoms with E-state index in [1.807, 2.05) is 0 Å². The van der Waals surface area contributed by atoms with Crippen LogP contribution in [0.15, 0.2) is 23.1 Å². The van der Waals surface area contributed by atoms with E-state index in [0.29, 0.717) is 5.75 Å². The molecule has 5 nitrogen and oxygen atoms in total. The van der Waals surface area contributed by atoms with Crippen LogP contribution in [0.2, 0.25) is 10.0 Å². The zero-order valence-corrected chi connectivity index (χ0v) is 13.2. The van der Waals surface area contributed by atoms with Gasteiger partial charge in [-0.05, 0) is 30.4 Å². The van der Waals surface area contributed by atoms with Crippen LogP contribution >= 0.6 is 35.0 Å². The number of rotatable bonds is 4. The molecule has 1 aliphatic heterocycles. The van der Waals surface area contributed by atoms with Gasteiger partial charge in [-0.15, -0.1) is 0 Å². The normalized spacial score (nSPS) is 22.9. The first-order valence-electron chi connectivity index (χ1n) is 5.57. The van der Waals surface area contributed by atoms with Crippen molar-refractivity contribution in [1.82, 2.24) is 4.72 Å². The standard InChI is InChI=1S/C11H11Cl2NO4S2/c12-7-1-2-8(13)9(5-7)20(17,18)14-11(10(15)16)3-4-19-6-11/h1-2,5,14H,3-4,6H2,(H,15,16). The second kappa shape index (κ2) is 5.73. The molecule has 0 aromatic heterocycles. The number of carboxylic acids is 1. The number of benzene rings is 1. The Kier molecular flexibility index (Phi) is 4.56. The molecule has 1 aromatic carbocycles. The van der Waals surface area contributed by atoms with Gasteiger partial charge in [0.2, 0.25) is 10.0 Å². The average Bonchev–Trinajstić information content (AvgIpc) is 2.81. The minimum absolute atomic E-state index is 0.00640. The van der Waals surface area contributed by atoms with Crippen molar-refractivity contribution < 1.29 is 18.3 Å². The number of carbonyl (C=O) groups is 1. The summed E-state index contributed by atoms with van der Waals surface area (Å²) in [5.41, 5.74) is -1.49. The van der Waals surface area contributed by atoms with E-state index >= 15 is 0 Å². The molecule has 1 aliphatic rings. The van der Waals surface area contributed by atoms with Crippen molar-refractivity contribution in [3.63, 3.8) is 0 Å². The number of aliphatic carboxylic acids is 1. The Labute approximate surface area is 130 Å². The average molecular weight is 356 g/mol. The van der Waals surface area contributed by atoms with Crippen molar-refractivity contribution in [2.45, 2.75) is 16.9 Å². The molecule has 1 unspecified atom stereocenters. The molecule has 2 N–H and O–H groups in total. The Morgan fingerprint density at radius 1 is 1.40 bits per heavy atom. The molecular formula is C11H11Cl2NO4S2. The third-order valence-corrected chi connectivity index (χ3v) is 6.39. The lowest BCUT2D eigenvalue weighted by Gasteiger charge is -2.24. The summed E-state index contributed by atoms with van der Waals surface area (Å²) >= 11 is 13.0. The second-order valence-corrected chi connectivity index (χ2v) is 7.97. The quantitative estimate of drug-likeness (QED) is 0.865. The zero-order valence-electron chi connectivity index (χ0n) is 10.1. The number of hydrogen-bond donors (Lipinski definition) is 2. The zero-order chi connectivity index (χ0) is 15.0. The molecule has 1 fully saturated rings. The molecule has 0 aliphatic carbocycles. The minimum Gasteiger partial charge on any atom is -0.480 e. The van der Waals surface area contributed by atoms with Gasteiger partial charge in [0.25, 0.3) is 0 Å².